The van der Waals surface area contributed by atoms with Gasteiger partial charge in [0.25, 0.3) is 0 Å². The van der Waals surface area contributed by atoms with Crippen LogP contribution >= 0.6 is 0 Å². The molecule has 6 nitrogen and oxygen atoms in total. The van der Waals surface area contributed by atoms with Gasteiger partial charge in [-0.15, -0.1) is 0 Å². The Balaban J connectivity index is 1.25. The maximum Gasteiger partial charge on any atom is 0.225 e. The molecule has 0 radical (unpaired) electrons. The fourth-order valence-corrected chi connectivity index (χ4v) is 5.79. The molecule has 3 N–H and O–H groups in total. The predicted molar refractivity (Wildman–Crippen MR) is 158 cm³/mol. The molecule has 6 rings (SSSR count). The SMILES string of the molecule is Cc1ccc([C@@H](NC(=O)Cc2ccc3oc(C(c4ccncc4F)N4CC(N)C4)cc3c2)c2ccccc2)c(C)c1. The number of carbonyl (C=O) groups is 1. The lowest BCUT2D eigenvalue weighted by Crippen LogP contribution is -2.56. The van der Waals surface area contributed by atoms with Crippen molar-refractivity contribution in [2.24, 2.45) is 5.73 Å². The van der Waals surface area contributed by atoms with Crippen LogP contribution in [0.1, 0.15) is 51.2 Å². The van der Waals surface area contributed by atoms with Crippen LogP contribution in [0, 0.1) is 19.7 Å². The minimum atomic E-state index is -0.402. The molecule has 41 heavy (non-hydrogen) atoms. The number of hydrogen-bond donors (Lipinski definition) is 2. The van der Waals surface area contributed by atoms with E-state index in [1.807, 2.05) is 54.6 Å². The number of benzene rings is 3. The van der Waals surface area contributed by atoms with Gasteiger partial charge in [-0.1, -0.05) is 60.2 Å². The van der Waals surface area contributed by atoms with Crippen molar-refractivity contribution in [1.82, 2.24) is 15.2 Å². The molecule has 1 fully saturated rings. The van der Waals surface area contributed by atoms with E-state index >= 15 is 0 Å². The van der Waals surface area contributed by atoms with E-state index in [0.717, 1.165) is 27.6 Å². The van der Waals surface area contributed by atoms with Crippen LogP contribution in [0.3, 0.4) is 0 Å². The van der Waals surface area contributed by atoms with Crippen molar-refractivity contribution < 1.29 is 13.6 Å². The number of nitrogens with two attached hydrogens (primary N) is 1. The second kappa shape index (κ2) is 11.3. The topological polar surface area (TPSA) is 84.4 Å². The molecule has 0 saturated carbocycles. The molecule has 1 amide bonds. The average molecular weight is 549 g/mol. The van der Waals surface area contributed by atoms with Gasteiger partial charge in [-0.2, -0.15) is 0 Å². The molecule has 2 aromatic heterocycles. The molecule has 3 aromatic carbocycles. The van der Waals surface area contributed by atoms with E-state index in [-0.39, 0.29) is 30.2 Å². The van der Waals surface area contributed by atoms with E-state index in [1.165, 1.54) is 11.8 Å². The van der Waals surface area contributed by atoms with Crippen LogP contribution < -0.4 is 11.1 Å². The molecule has 208 valence electrons. The number of hydrogen-bond acceptors (Lipinski definition) is 5. The van der Waals surface area contributed by atoms with Gasteiger partial charge in [0.1, 0.15) is 17.2 Å². The number of amides is 1. The molecular weight excluding hydrogens is 515 g/mol. The Labute approximate surface area is 239 Å². The summed E-state index contributed by atoms with van der Waals surface area (Å²) >= 11 is 0. The van der Waals surface area contributed by atoms with Crippen LogP contribution in [0.2, 0.25) is 0 Å². The number of halogens is 1. The van der Waals surface area contributed by atoms with Gasteiger partial charge in [0.15, 0.2) is 0 Å². The van der Waals surface area contributed by atoms with Crippen molar-refractivity contribution in [2.45, 2.75) is 38.4 Å². The Morgan fingerprint density at radius 1 is 1.05 bits per heavy atom. The summed E-state index contributed by atoms with van der Waals surface area (Å²) in [6.07, 6.45) is 3.03. The normalized spacial score (nSPS) is 15.4. The van der Waals surface area contributed by atoms with Crippen LogP contribution in [0.4, 0.5) is 4.39 Å². The van der Waals surface area contributed by atoms with Crippen molar-refractivity contribution in [3.05, 3.63) is 136 Å². The molecule has 1 aliphatic rings. The summed E-state index contributed by atoms with van der Waals surface area (Å²) < 4.78 is 21.0. The number of aryl methyl sites for hydroxylation is 2. The van der Waals surface area contributed by atoms with E-state index in [1.54, 1.807) is 12.3 Å². The Kier molecular flexibility index (Phi) is 7.39. The Morgan fingerprint density at radius 3 is 2.59 bits per heavy atom. The second-order valence-electron chi connectivity index (χ2n) is 11.0. The minimum Gasteiger partial charge on any atom is -0.459 e. The molecule has 2 atom stereocenters. The zero-order valence-electron chi connectivity index (χ0n) is 23.2. The summed E-state index contributed by atoms with van der Waals surface area (Å²) in [6.45, 7) is 5.45. The molecule has 3 heterocycles. The maximum atomic E-state index is 14.8. The number of pyridine rings is 1. The van der Waals surface area contributed by atoms with Crippen molar-refractivity contribution >= 4 is 16.9 Å². The lowest BCUT2D eigenvalue weighted by Gasteiger charge is -2.42. The zero-order valence-corrected chi connectivity index (χ0v) is 23.2. The Morgan fingerprint density at radius 2 is 1.85 bits per heavy atom. The fraction of sp³-hybridized carbons (Fsp3) is 0.235. The van der Waals surface area contributed by atoms with Crippen LogP contribution in [0.5, 0.6) is 0 Å². The number of carbonyl (C=O) groups excluding carboxylic acids is 1. The van der Waals surface area contributed by atoms with E-state index in [0.29, 0.717) is 30.0 Å². The third-order valence-corrected chi connectivity index (χ3v) is 7.81. The van der Waals surface area contributed by atoms with Crippen LogP contribution in [-0.2, 0) is 11.2 Å². The lowest BCUT2D eigenvalue weighted by atomic mass is 9.93. The highest BCUT2D eigenvalue weighted by molar-refractivity contribution is 5.83. The van der Waals surface area contributed by atoms with Gasteiger partial charge < -0.3 is 15.5 Å². The molecule has 0 aliphatic carbocycles. The monoisotopic (exact) mass is 548 g/mol. The summed E-state index contributed by atoms with van der Waals surface area (Å²) in [4.78, 5) is 19.4. The first kappa shape index (κ1) is 26.9. The average Bonchev–Trinajstić information content (AvgIpc) is 3.36. The number of likely N-dealkylation sites (tertiary alicyclic amines) is 1. The molecule has 5 aromatic rings. The number of furan rings is 1. The fourth-order valence-electron chi connectivity index (χ4n) is 5.79. The first-order valence-electron chi connectivity index (χ1n) is 13.9. The first-order chi connectivity index (χ1) is 19.9. The third-order valence-electron chi connectivity index (χ3n) is 7.81. The molecule has 7 heteroatoms. The van der Waals surface area contributed by atoms with Crippen molar-refractivity contribution in [2.75, 3.05) is 13.1 Å². The summed E-state index contributed by atoms with van der Waals surface area (Å²) in [5.74, 6) is 0.179. The van der Waals surface area contributed by atoms with Gasteiger partial charge in [-0.25, -0.2) is 4.39 Å². The van der Waals surface area contributed by atoms with Crippen LogP contribution in [0.15, 0.2) is 95.7 Å². The van der Waals surface area contributed by atoms with Crippen LogP contribution in [-0.4, -0.2) is 34.9 Å². The minimum absolute atomic E-state index is 0.0558. The molecule has 1 aliphatic heterocycles. The number of fused-ring (bicyclic) bond motifs is 1. The number of rotatable bonds is 8. The highest BCUT2D eigenvalue weighted by atomic mass is 19.1. The maximum absolute atomic E-state index is 14.8. The third kappa shape index (κ3) is 5.64. The molecule has 0 spiro atoms. The first-order valence-corrected chi connectivity index (χ1v) is 13.9. The van der Waals surface area contributed by atoms with Crippen LogP contribution in [0.25, 0.3) is 11.0 Å². The van der Waals surface area contributed by atoms with Gasteiger partial charge >= 0.3 is 0 Å². The Hall–Kier alpha value is -4.33. The summed E-state index contributed by atoms with van der Waals surface area (Å²) in [5.41, 5.74) is 12.5. The standard InChI is InChI=1S/C34H33FN4O2/c1-21-8-10-27(22(2)14-21)33(24-6-4-3-5-7-24)38-32(40)16-23-9-11-30-25(15-23)17-31(41-30)34(39-19-26(36)20-39)28-12-13-37-18-29(28)35/h3-15,17-18,26,33-34H,16,19-20,36H2,1-2H3,(H,38,40)/t33-,34?/m0/s1. The summed E-state index contributed by atoms with van der Waals surface area (Å²) in [5, 5.41) is 4.13. The molecule has 1 saturated heterocycles. The quantitative estimate of drug-likeness (QED) is 0.257. The van der Waals surface area contributed by atoms with Gasteiger partial charge in [0, 0.05) is 36.3 Å². The van der Waals surface area contributed by atoms with E-state index in [4.69, 9.17) is 10.2 Å². The van der Waals surface area contributed by atoms with E-state index in [2.05, 4.69) is 47.2 Å². The highest BCUT2D eigenvalue weighted by Crippen LogP contribution is 2.36. The van der Waals surface area contributed by atoms with E-state index in [9.17, 15) is 9.18 Å². The van der Waals surface area contributed by atoms with Gasteiger partial charge in [0.2, 0.25) is 5.91 Å². The largest absolute Gasteiger partial charge is 0.459 e. The summed E-state index contributed by atoms with van der Waals surface area (Å²) in [7, 11) is 0. The van der Waals surface area contributed by atoms with Gasteiger partial charge in [-0.05, 0) is 60.4 Å². The van der Waals surface area contributed by atoms with Gasteiger partial charge in [-0.3, -0.25) is 14.7 Å². The van der Waals surface area contributed by atoms with Crippen molar-refractivity contribution in [3.8, 4) is 0 Å². The lowest BCUT2D eigenvalue weighted by molar-refractivity contribution is -0.120. The highest BCUT2D eigenvalue weighted by Gasteiger charge is 2.35. The molecular formula is C34H33FN4O2. The Bertz CT molecular complexity index is 1690. The molecule has 0 bridgehead atoms. The molecule has 1 unspecified atom stereocenters. The zero-order chi connectivity index (χ0) is 28.5. The smallest absolute Gasteiger partial charge is 0.225 e. The number of nitrogens with one attached hydrogen (secondary N) is 1. The second-order valence-corrected chi connectivity index (χ2v) is 11.0. The predicted octanol–water partition coefficient (Wildman–Crippen LogP) is 5.76. The summed E-state index contributed by atoms with van der Waals surface area (Å²) in [6, 6.07) is 25.1. The number of aromatic nitrogens is 1. The van der Waals surface area contributed by atoms with E-state index < -0.39 is 6.04 Å². The number of nitrogens with zero attached hydrogens (tertiary/aromatic N) is 2. The van der Waals surface area contributed by atoms with Gasteiger partial charge in [0.05, 0.1) is 24.7 Å². The van der Waals surface area contributed by atoms with Crippen molar-refractivity contribution in [1.29, 1.82) is 0 Å². The van der Waals surface area contributed by atoms with Crippen molar-refractivity contribution in [3.63, 3.8) is 0 Å².